The topological polar surface area (TPSA) is 46.2 Å². The fourth-order valence-corrected chi connectivity index (χ4v) is 1.30. The fourth-order valence-electron chi connectivity index (χ4n) is 1.30. The summed E-state index contributed by atoms with van der Waals surface area (Å²) in [6.45, 7) is 6.33. The van der Waals surface area contributed by atoms with Crippen LogP contribution in [0.1, 0.15) is 40.0 Å². The predicted molar refractivity (Wildman–Crippen MR) is 48.4 cm³/mol. The molecule has 1 unspecified atom stereocenters. The molecule has 0 aliphatic carbocycles. The van der Waals surface area contributed by atoms with Crippen molar-refractivity contribution >= 4 is 0 Å². The van der Waals surface area contributed by atoms with Crippen molar-refractivity contribution in [1.29, 1.82) is 0 Å². The maximum absolute atomic E-state index is 8.91. The summed E-state index contributed by atoms with van der Waals surface area (Å²) >= 11 is 0. The van der Waals surface area contributed by atoms with E-state index in [1.807, 2.05) is 6.92 Å². The average Bonchev–Trinajstić information content (AvgIpc) is 2.00. The van der Waals surface area contributed by atoms with E-state index < -0.39 is 0 Å². The predicted octanol–water partition coefficient (Wildman–Crippen LogP) is 1.52. The molecule has 0 saturated heterocycles. The number of hydrogen-bond acceptors (Lipinski definition) is 2. The molecule has 2 nitrogen and oxygen atoms in total. The molecule has 0 amide bonds. The van der Waals surface area contributed by atoms with Crippen molar-refractivity contribution in [3.05, 3.63) is 0 Å². The average molecular weight is 159 g/mol. The first-order valence-electron chi connectivity index (χ1n) is 4.45. The van der Waals surface area contributed by atoms with Crippen LogP contribution in [-0.2, 0) is 0 Å². The van der Waals surface area contributed by atoms with Gasteiger partial charge in [-0.3, -0.25) is 0 Å². The number of rotatable bonds is 5. The molecule has 0 aromatic carbocycles. The number of hydrogen-bond donors (Lipinski definition) is 2. The van der Waals surface area contributed by atoms with Crippen LogP contribution in [0.15, 0.2) is 0 Å². The Kier molecular flexibility index (Phi) is 4.69. The Morgan fingerprint density at radius 2 is 1.82 bits per heavy atom. The molecule has 0 bridgehead atoms. The zero-order valence-corrected chi connectivity index (χ0v) is 7.93. The lowest BCUT2D eigenvalue weighted by Gasteiger charge is -2.26. The monoisotopic (exact) mass is 159 g/mol. The van der Waals surface area contributed by atoms with Gasteiger partial charge in [-0.25, -0.2) is 0 Å². The van der Waals surface area contributed by atoms with Gasteiger partial charge in [0.2, 0.25) is 0 Å². The summed E-state index contributed by atoms with van der Waals surface area (Å²) in [6, 6.07) is 0. The highest BCUT2D eigenvalue weighted by molar-refractivity contribution is 4.79. The molecule has 11 heavy (non-hydrogen) atoms. The first kappa shape index (κ1) is 10.9. The highest BCUT2D eigenvalue weighted by atomic mass is 16.3. The lowest BCUT2D eigenvalue weighted by Crippen LogP contribution is -2.41. The first-order valence-corrected chi connectivity index (χ1v) is 4.45. The zero-order valence-electron chi connectivity index (χ0n) is 7.93. The molecule has 0 rings (SSSR count). The van der Waals surface area contributed by atoms with Crippen LogP contribution in [0.3, 0.4) is 0 Å². The Bertz CT molecular complexity index is 97.7. The van der Waals surface area contributed by atoms with Gasteiger partial charge in [0.05, 0.1) is 6.61 Å². The molecular weight excluding hydrogens is 138 g/mol. The van der Waals surface area contributed by atoms with Gasteiger partial charge in [-0.2, -0.15) is 0 Å². The Morgan fingerprint density at radius 1 is 1.36 bits per heavy atom. The van der Waals surface area contributed by atoms with Gasteiger partial charge in [-0.1, -0.05) is 26.7 Å². The lowest BCUT2D eigenvalue weighted by atomic mass is 9.87. The van der Waals surface area contributed by atoms with Gasteiger partial charge in [0, 0.05) is 5.54 Å². The Hall–Kier alpha value is -0.0800. The molecule has 0 aromatic rings. The van der Waals surface area contributed by atoms with E-state index in [1.54, 1.807) is 0 Å². The van der Waals surface area contributed by atoms with Crippen LogP contribution < -0.4 is 5.73 Å². The van der Waals surface area contributed by atoms with Crippen molar-refractivity contribution in [2.24, 2.45) is 11.7 Å². The van der Waals surface area contributed by atoms with E-state index in [0.717, 1.165) is 19.3 Å². The first-order chi connectivity index (χ1) is 5.05. The van der Waals surface area contributed by atoms with Crippen molar-refractivity contribution in [3.8, 4) is 0 Å². The van der Waals surface area contributed by atoms with E-state index >= 15 is 0 Å². The molecule has 0 aliphatic heterocycles. The number of nitrogens with two attached hydrogens (primary N) is 1. The molecule has 0 saturated carbocycles. The largest absolute Gasteiger partial charge is 0.394 e. The maximum atomic E-state index is 8.91. The minimum atomic E-state index is -0.378. The minimum Gasteiger partial charge on any atom is -0.394 e. The summed E-state index contributed by atoms with van der Waals surface area (Å²) in [4.78, 5) is 0. The molecule has 0 aromatic heterocycles. The molecule has 3 N–H and O–H groups in total. The van der Waals surface area contributed by atoms with Gasteiger partial charge >= 0.3 is 0 Å². The number of aliphatic hydroxyl groups excluding tert-OH is 1. The Balaban J connectivity index is 3.79. The number of aliphatic hydroxyl groups is 1. The third kappa shape index (κ3) is 4.38. The third-order valence-corrected chi connectivity index (χ3v) is 2.27. The molecule has 0 fully saturated rings. The normalized spacial score (nSPS) is 16.9. The van der Waals surface area contributed by atoms with Crippen molar-refractivity contribution in [3.63, 3.8) is 0 Å². The lowest BCUT2D eigenvalue weighted by molar-refractivity contribution is 0.178. The maximum Gasteiger partial charge on any atom is 0.0608 e. The van der Waals surface area contributed by atoms with Crippen molar-refractivity contribution < 1.29 is 5.11 Å². The van der Waals surface area contributed by atoms with Gasteiger partial charge in [-0.05, 0) is 19.3 Å². The smallest absolute Gasteiger partial charge is 0.0608 e. The second kappa shape index (κ2) is 4.73. The van der Waals surface area contributed by atoms with Crippen LogP contribution in [-0.4, -0.2) is 17.3 Å². The Morgan fingerprint density at radius 3 is 2.09 bits per heavy atom. The summed E-state index contributed by atoms with van der Waals surface area (Å²) < 4.78 is 0. The minimum absolute atomic E-state index is 0.0868. The second-order valence-corrected chi connectivity index (χ2v) is 3.70. The summed E-state index contributed by atoms with van der Waals surface area (Å²) in [5, 5.41) is 8.91. The van der Waals surface area contributed by atoms with Gasteiger partial charge in [-0.15, -0.1) is 0 Å². The van der Waals surface area contributed by atoms with Gasteiger partial charge in [0.1, 0.15) is 0 Å². The van der Waals surface area contributed by atoms with Crippen molar-refractivity contribution in [2.75, 3.05) is 6.61 Å². The molecule has 68 valence electrons. The highest BCUT2D eigenvalue weighted by Gasteiger charge is 2.20. The van der Waals surface area contributed by atoms with E-state index in [1.165, 1.54) is 0 Å². The molecule has 0 radical (unpaired) electrons. The molecule has 1 atom stereocenters. The van der Waals surface area contributed by atoms with E-state index in [-0.39, 0.29) is 12.1 Å². The van der Waals surface area contributed by atoms with Crippen molar-refractivity contribution in [1.82, 2.24) is 0 Å². The molecule has 0 heterocycles. The summed E-state index contributed by atoms with van der Waals surface area (Å²) in [6.07, 6.45) is 3.24. The summed E-state index contributed by atoms with van der Waals surface area (Å²) in [5.74, 6) is 0.664. The van der Waals surface area contributed by atoms with E-state index in [2.05, 4.69) is 13.8 Å². The van der Waals surface area contributed by atoms with Crippen LogP contribution in [0.4, 0.5) is 0 Å². The van der Waals surface area contributed by atoms with Crippen LogP contribution in [0, 0.1) is 5.92 Å². The quantitative estimate of drug-likeness (QED) is 0.639. The Labute approximate surface area is 69.8 Å². The van der Waals surface area contributed by atoms with Crippen LogP contribution in [0.5, 0.6) is 0 Å². The molecule has 0 spiro atoms. The van der Waals surface area contributed by atoms with Crippen LogP contribution in [0.25, 0.3) is 0 Å². The summed E-state index contributed by atoms with van der Waals surface area (Å²) in [5.41, 5.74) is 5.44. The molecule has 2 heteroatoms. The van der Waals surface area contributed by atoms with Gasteiger partial charge in [0.15, 0.2) is 0 Å². The van der Waals surface area contributed by atoms with E-state index in [0.29, 0.717) is 5.92 Å². The van der Waals surface area contributed by atoms with Crippen LogP contribution >= 0.6 is 0 Å². The van der Waals surface area contributed by atoms with Crippen molar-refractivity contribution in [2.45, 2.75) is 45.6 Å². The molecular formula is C9H21NO. The highest BCUT2D eigenvalue weighted by Crippen LogP contribution is 2.19. The van der Waals surface area contributed by atoms with E-state index in [4.69, 9.17) is 10.8 Å². The third-order valence-electron chi connectivity index (χ3n) is 2.27. The molecule has 0 aliphatic rings. The zero-order chi connectivity index (χ0) is 8.91. The van der Waals surface area contributed by atoms with E-state index in [9.17, 15) is 0 Å². The van der Waals surface area contributed by atoms with Gasteiger partial charge in [0.25, 0.3) is 0 Å². The SMILES string of the molecule is CCC(CC)CC(C)(N)CO. The fraction of sp³-hybridized carbons (Fsp3) is 1.00. The second-order valence-electron chi connectivity index (χ2n) is 3.70. The summed E-state index contributed by atoms with van der Waals surface area (Å²) in [7, 11) is 0. The standard InChI is InChI=1S/C9H21NO/c1-4-8(5-2)6-9(3,10)7-11/h8,11H,4-7,10H2,1-3H3. The van der Waals surface area contributed by atoms with Gasteiger partial charge < -0.3 is 10.8 Å². The van der Waals surface area contributed by atoms with Crippen LogP contribution in [0.2, 0.25) is 0 Å².